The zero-order chi connectivity index (χ0) is 21.1. The second-order valence-corrected chi connectivity index (χ2v) is 9.23. The summed E-state index contributed by atoms with van der Waals surface area (Å²) in [6.07, 6.45) is 19.8. The molecule has 28 heavy (non-hydrogen) atoms. The van der Waals surface area contributed by atoms with Crippen LogP contribution in [0.15, 0.2) is 0 Å². The van der Waals surface area contributed by atoms with Gasteiger partial charge in [-0.3, -0.25) is 0 Å². The van der Waals surface area contributed by atoms with Crippen molar-refractivity contribution in [2.45, 2.75) is 134 Å². The molecule has 0 rings (SSSR count). The molecule has 0 aliphatic rings. The molecule has 0 heterocycles. The van der Waals surface area contributed by atoms with Crippen LogP contribution in [-0.4, -0.2) is 33.5 Å². The van der Waals surface area contributed by atoms with Gasteiger partial charge in [0.05, 0.1) is 16.0 Å². The average molecular weight is 430 g/mol. The van der Waals surface area contributed by atoms with Gasteiger partial charge in [0.1, 0.15) is 0 Å². The number of carbonyl (C=O) groups excluding carboxylic acids is 1. The quantitative estimate of drug-likeness (QED) is 0.0746. The lowest BCUT2D eigenvalue weighted by atomic mass is 10.0. The van der Waals surface area contributed by atoms with Gasteiger partial charge in [-0.1, -0.05) is 97.3 Å². The van der Waals surface area contributed by atoms with Gasteiger partial charge in [0.2, 0.25) is 4.93 Å². The predicted molar refractivity (Wildman–Crippen MR) is 124 cm³/mol. The Morgan fingerprint density at radius 3 is 1.64 bits per heavy atom. The third kappa shape index (κ3) is 14.9. The van der Waals surface area contributed by atoms with Crippen LogP contribution >= 0.6 is 12.6 Å². The fourth-order valence-corrected chi connectivity index (χ4v) is 3.78. The predicted octanol–water partition coefficient (Wildman–Crippen LogP) is 6.97. The van der Waals surface area contributed by atoms with E-state index in [-0.39, 0.29) is 11.7 Å². The maximum atomic E-state index is 12.3. The van der Waals surface area contributed by atoms with Crippen LogP contribution in [0, 0.1) is 0 Å². The molecule has 0 aliphatic heterocycles. The number of thiol groups is 1. The highest BCUT2D eigenvalue weighted by molar-refractivity contribution is 7.82. The molecular weight excluding hydrogens is 384 g/mol. The van der Waals surface area contributed by atoms with E-state index >= 15 is 0 Å². The normalized spacial score (nSPS) is 14.6. The number of ether oxygens (including phenoxy) is 2. The Morgan fingerprint density at radius 2 is 1.25 bits per heavy atom. The van der Waals surface area contributed by atoms with Gasteiger partial charge in [-0.05, 0) is 26.2 Å². The fraction of sp³-hybridized carbons (Fsp3) is 0.957. The van der Waals surface area contributed by atoms with E-state index in [0.717, 1.165) is 19.3 Å². The van der Waals surface area contributed by atoms with Crippen molar-refractivity contribution in [3.63, 3.8) is 0 Å². The zero-order valence-electron chi connectivity index (χ0n) is 18.8. The summed E-state index contributed by atoms with van der Waals surface area (Å²) in [6.45, 7) is 6.57. The van der Waals surface area contributed by atoms with Crippen LogP contribution in [0.1, 0.15) is 124 Å². The van der Waals surface area contributed by atoms with Crippen LogP contribution < -0.4 is 0 Å². The first-order valence-corrected chi connectivity index (χ1v) is 12.8. The van der Waals surface area contributed by atoms with Gasteiger partial charge in [-0.25, -0.2) is 4.79 Å². The molecule has 0 aromatic rings. The number of unbranched alkanes of at least 4 members (excludes halogenated alkanes) is 13. The fourth-order valence-electron chi connectivity index (χ4n) is 3.34. The van der Waals surface area contributed by atoms with Crippen LogP contribution in [0.3, 0.4) is 0 Å². The number of hydrogen-bond acceptors (Lipinski definition) is 4. The second kappa shape index (κ2) is 19.0. The molecule has 0 bridgehead atoms. The summed E-state index contributed by atoms with van der Waals surface area (Å²) in [4.78, 5) is 11.2. The maximum Gasteiger partial charge on any atom is 0.348 e. The van der Waals surface area contributed by atoms with Gasteiger partial charge >= 0.3 is 5.97 Å². The highest BCUT2D eigenvalue weighted by Gasteiger charge is 2.37. The number of esters is 1. The molecule has 0 fully saturated rings. The van der Waals surface area contributed by atoms with Crippen molar-refractivity contribution in [1.29, 1.82) is 0 Å². The summed E-state index contributed by atoms with van der Waals surface area (Å²) < 4.78 is 11.0. The Kier molecular flexibility index (Phi) is 19.0. The monoisotopic (exact) mass is 429 g/mol. The van der Waals surface area contributed by atoms with E-state index in [1.807, 2.05) is 13.8 Å². The minimum Gasteiger partial charge on any atom is -0.464 e. The van der Waals surface area contributed by atoms with E-state index in [2.05, 4.69) is 29.8 Å². The van der Waals surface area contributed by atoms with Crippen molar-refractivity contribution in [2.24, 2.45) is 0 Å². The smallest absolute Gasteiger partial charge is 0.348 e. The van der Waals surface area contributed by atoms with Gasteiger partial charge in [-0.15, -0.1) is 12.6 Å². The summed E-state index contributed by atoms with van der Waals surface area (Å²) in [5, 5.41) is 0. The van der Waals surface area contributed by atoms with E-state index in [1.165, 1.54) is 77.0 Å². The number of carbonyl (C=O) groups is 1. The Labute approximate surface area is 183 Å². The lowest BCUT2D eigenvalue weighted by Gasteiger charge is -2.27. The van der Waals surface area contributed by atoms with Crippen molar-refractivity contribution in [3.8, 4) is 0 Å². The van der Waals surface area contributed by atoms with Crippen molar-refractivity contribution in [3.05, 3.63) is 0 Å². The lowest BCUT2D eigenvalue weighted by molar-refractivity contribution is -0.163. The first kappa shape index (κ1) is 28.0. The second-order valence-electron chi connectivity index (χ2n) is 7.87. The van der Waals surface area contributed by atoms with Crippen molar-refractivity contribution in [2.75, 3.05) is 6.61 Å². The molecule has 0 spiro atoms. The Hall–Kier alpha value is -0.00312. The molecule has 0 aliphatic carbocycles. The zero-order valence-corrected chi connectivity index (χ0v) is 20.7. The van der Waals surface area contributed by atoms with Gasteiger partial charge in [0, 0.05) is 6.61 Å². The molecule has 0 saturated carbocycles. The van der Waals surface area contributed by atoms with Crippen LogP contribution in [0.4, 0.5) is 0 Å². The molecule has 3 nitrogen and oxygen atoms in total. The summed E-state index contributed by atoms with van der Waals surface area (Å²) in [5.74, 6) is -0.380. The van der Waals surface area contributed by atoms with Crippen molar-refractivity contribution < 1.29 is 14.3 Å². The number of hydrogen-bond donors (Lipinski definition) is 1. The SMILES string of the molecule is CCCCCCCCCCCCCCCCC(S)(OCC)C(=O)OC([Si])CC. The summed E-state index contributed by atoms with van der Waals surface area (Å²) in [5.41, 5.74) is -0.282. The Balaban J connectivity index is 3.69. The molecule has 0 aromatic carbocycles. The van der Waals surface area contributed by atoms with Crippen molar-refractivity contribution in [1.82, 2.24) is 0 Å². The summed E-state index contributed by atoms with van der Waals surface area (Å²) in [6, 6.07) is 0. The Bertz CT molecular complexity index is 368. The summed E-state index contributed by atoms with van der Waals surface area (Å²) >= 11 is 4.51. The van der Waals surface area contributed by atoms with Gasteiger partial charge < -0.3 is 9.47 Å². The Morgan fingerprint density at radius 1 is 0.821 bits per heavy atom. The van der Waals surface area contributed by atoms with Gasteiger partial charge in [0.15, 0.2) is 0 Å². The first-order chi connectivity index (χ1) is 13.5. The van der Waals surface area contributed by atoms with E-state index in [4.69, 9.17) is 9.47 Å². The third-order valence-electron chi connectivity index (χ3n) is 5.19. The molecule has 0 aromatic heterocycles. The van der Waals surface area contributed by atoms with Gasteiger partial charge in [-0.2, -0.15) is 0 Å². The summed E-state index contributed by atoms with van der Waals surface area (Å²) in [7, 11) is 3.39. The van der Waals surface area contributed by atoms with Gasteiger partial charge in [0.25, 0.3) is 0 Å². The molecule has 0 saturated heterocycles. The van der Waals surface area contributed by atoms with Crippen LogP contribution in [0.25, 0.3) is 0 Å². The first-order valence-electron chi connectivity index (χ1n) is 11.8. The molecule has 5 heteroatoms. The molecule has 2 unspecified atom stereocenters. The molecule has 0 amide bonds. The maximum absolute atomic E-state index is 12.3. The minimum absolute atomic E-state index is 0.282. The van der Waals surface area contributed by atoms with Crippen LogP contribution in [-0.2, 0) is 14.3 Å². The third-order valence-corrected chi connectivity index (χ3v) is 6.25. The highest BCUT2D eigenvalue weighted by Crippen LogP contribution is 2.27. The minimum atomic E-state index is -1.12. The largest absolute Gasteiger partial charge is 0.464 e. The molecule has 2 atom stereocenters. The lowest BCUT2D eigenvalue weighted by Crippen LogP contribution is -2.39. The van der Waals surface area contributed by atoms with Crippen LogP contribution in [0.5, 0.6) is 0 Å². The standard InChI is InChI=1S/C23H45O3SSi/c1-4-7-8-9-10-11-12-13-14-15-16-17-18-19-20-23(27,25-6-3)22(24)26-21(28)5-2/h21,27H,4-20H2,1-3H3. The van der Waals surface area contributed by atoms with Crippen molar-refractivity contribution >= 4 is 28.8 Å². The highest BCUT2D eigenvalue weighted by atomic mass is 32.1. The van der Waals surface area contributed by atoms with Crippen LogP contribution in [0.2, 0.25) is 0 Å². The van der Waals surface area contributed by atoms with E-state index in [9.17, 15) is 4.79 Å². The average Bonchev–Trinajstić information content (AvgIpc) is 2.68. The molecule has 165 valence electrons. The molecule has 0 N–H and O–H groups in total. The molecule has 3 radical (unpaired) electrons. The number of rotatable bonds is 20. The van der Waals surface area contributed by atoms with E-state index < -0.39 is 4.93 Å². The van der Waals surface area contributed by atoms with E-state index in [1.54, 1.807) is 0 Å². The van der Waals surface area contributed by atoms with E-state index in [0.29, 0.717) is 13.0 Å². The topological polar surface area (TPSA) is 35.5 Å². The molecular formula is C23H45O3SSi.